The zero-order valence-electron chi connectivity index (χ0n) is 12.7. The van der Waals surface area contributed by atoms with E-state index in [1.807, 2.05) is 12.1 Å². The maximum atomic E-state index is 5.50. The molecule has 20 heavy (non-hydrogen) atoms. The molecule has 1 aromatic rings. The van der Waals surface area contributed by atoms with Crippen molar-refractivity contribution in [2.75, 3.05) is 26.9 Å². The van der Waals surface area contributed by atoms with E-state index in [0.717, 1.165) is 31.9 Å². The van der Waals surface area contributed by atoms with E-state index in [2.05, 4.69) is 36.6 Å². The van der Waals surface area contributed by atoms with Crippen LogP contribution in [-0.4, -0.2) is 39.0 Å². The lowest BCUT2D eigenvalue weighted by Gasteiger charge is -2.28. The van der Waals surface area contributed by atoms with Crippen LogP contribution in [0.4, 0.5) is 0 Å². The number of benzene rings is 1. The molecule has 3 atom stereocenters. The molecule has 0 saturated carbocycles. The fourth-order valence-corrected chi connectivity index (χ4v) is 2.70. The Bertz CT molecular complexity index is 405. The summed E-state index contributed by atoms with van der Waals surface area (Å²) < 4.78 is 10.8. The van der Waals surface area contributed by atoms with Gasteiger partial charge in [0.1, 0.15) is 5.75 Å². The summed E-state index contributed by atoms with van der Waals surface area (Å²) in [5, 5.41) is 7.14. The molecule has 4 nitrogen and oxygen atoms in total. The number of hydrogen-bond acceptors (Lipinski definition) is 4. The van der Waals surface area contributed by atoms with Crippen molar-refractivity contribution in [2.45, 2.75) is 38.4 Å². The number of ether oxygens (including phenoxy) is 2. The second-order valence-corrected chi connectivity index (χ2v) is 5.53. The highest BCUT2D eigenvalue weighted by Gasteiger charge is 2.17. The first-order chi connectivity index (χ1) is 9.69. The number of morpholine rings is 1. The van der Waals surface area contributed by atoms with E-state index in [1.54, 1.807) is 7.11 Å². The average molecular weight is 278 g/mol. The topological polar surface area (TPSA) is 42.5 Å². The fraction of sp³-hybridized carbons (Fsp3) is 0.625. The van der Waals surface area contributed by atoms with Gasteiger partial charge in [-0.25, -0.2) is 0 Å². The number of rotatable bonds is 6. The molecule has 1 fully saturated rings. The molecule has 0 aliphatic carbocycles. The first-order valence-corrected chi connectivity index (χ1v) is 7.40. The standard InChI is InChI=1S/C16H26N2O2/c1-12(9-15-11-20-8-7-17-15)18-13(2)14-5-4-6-16(10-14)19-3/h4-6,10,12-13,15,17-18H,7-9,11H2,1-3H3/t12?,13-,15?/m0/s1. The van der Waals surface area contributed by atoms with Crippen LogP contribution in [0.25, 0.3) is 0 Å². The van der Waals surface area contributed by atoms with Crippen molar-refractivity contribution < 1.29 is 9.47 Å². The second-order valence-electron chi connectivity index (χ2n) is 5.53. The normalized spacial score (nSPS) is 22.2. The highest BCUT2D eigenvalue weighted by Crippen LogP contribution is 2.19. The van der Waals surface area contributed by atoms with Crippen molar-refractivity contribution in [1.82, 2.24) is 10.6 Å². The molecule has 2 unspecified atom stereocenters. The molecule has 1 aromatic carbocycles. The van der Waals surface area contributed by atoms with Crippen LogP contribution in [0.1, 0.15) is 31.9 Å². The van der Waals surface area contributed by atoms with Gasteiger partial charge in [0.15, 0.2) is 0 Å². The van der Waals surface area contributed by atoms with Crippen molar-refractivity contribution in [1.29, 1.82) is 0 Å². The molecular weight excluding hydrogens is 252 g/mol. The monoisotopic (exact) mass is 278 g/mol. The third kappa shape index (κ3) is 4.47. The molecule has 112 valence electrons. The molecule has 1 aliphatic heterocycles. The summed E-state index contributed by atoms with van der Waals surface area (Å²) in [6.07, 6.45) is 1.08. The van der Waals surface area contributed by atoms with Gasteiger partial charge in [0.2, 0.25) is 0 Å². The van der Waals surface area contributed by atoms with E-state index in [0.29, 0.717) is 18.1 Å². The van der Waals surface area contributed by atoms with E-state index in [-0.39, 0.29) is 0 Å². The summed E-state index contributed by atoms with van der Waals surface area (Å²) in [7, 11) is 1.70. The Kier molecular flexibility index (Phi) is 5.83. The van der Waals surface area contributed by atoms with Gasteiger partial charge in [-0.1, -0.05) is 12.1 Å². The minimum Gasteiger partial charge on any atom is -0.497 e. The molecule has 1 saturated heterocycles. The molecule has 1 heterocycles. The van der Waals surface area contributed by atoms with E-state index in [4.69, 9.17) is 9.47 Å². The Labute approximate surface area is 121 Å². The van der Waals surface area contributed by atoms with Gasteiger partial charge in [0.25, 0.3) is 0 Å². The Morgan fingerprint density at radius 3 is 3.00 bits per heavy atom. The van der Waals surface area contributed by atoms with E-state index >= 15 is 0 Å². The van der Waals surface area contributed by atoms with E-state index in [1.165, 1.54) is 5.56 Å². The van der Waals surface area contributed by atoms with Gasteiger partial charge < -0.3 is 20.1 Å². The van der Waals surface area contributed by atoms with Gasteiger partial charge in [-0.3, -0.25) is 0 Å². The van der Waals surface area contributed by atoms with Crippen LogP contribution in [0.3, 0.4) is 0 Å². The number of methoxy groups -OCH3 is 1. The minimum atomic E-state index is 0.310. The Morgan fingerprint density at radius 2 is 2.30 bits per heavy atom. The lowest BCUT2D eigenvalue weighted by Crippen LogP contribution is -2.45. The Balaban J connectivity index is 1.84. The van der Waals surface area contributed by atoms with Crippen LogP contribution in [0, 0.1) is 0 Å². The molecule has 4 heteroatoms. The van der Waals surface area contributed by atoms with Gasteiger partial charge in [0.05, 0.1) is 20.3 Å². The molecule has 0 spiro atoms. The maximum Gasteiger partial charge on any atom is 0.119 e. The Morgan fingerprint density at radius 1 is 1.45 bits per heavy atom. The van der Waals surface area contributed by atoms with Crippen molar-refractivity contribution in [3.05, 3.63) is 29.8 Å². The van der Waals surface area contributed by atoms with Crippen LogP contribution in [0.5, 0.6) is 5.75 Å². The molecule has 0 radical (unpaired) electrons. The summed E-state index contributed by atoms with van der Waals surface area (Å²) in [6.45, 7) is 7.03. The highest BCUT2D eigenvalue weighted by atomic mass is 16.5. The highest BCUT2D eigenvalue weighted by molar-refractivity contribution is 5.30. The van der Waals surface area contributed by atoms with Gasteiger partial charge in [-0.2, -0.15) is 0 Å². The van der Waals surface area contributed by atoms with Crippen molar-refractivity contribution in [2.24, 2.45) is 0 Å². The quantitative estimate of drug-likeness (QED) is 0.836. The van der Waals surface area contributed by atoms with E-state index in [9.17, 15) is 0 Å². The summed E-state index contributed by atoms with van der Waals surface area (Å²) in [6, 6.07) is 9.45. The van der Waals surface area contributed by atoms with Gasteiger partial charge in [-0.15, -0.1) is 0 Å². The predicted molar refractivity (Wildman–Crippen MR) is 81.2 cm³/mol. The summed E-state index contributed by atoms with van der Waals surface area (Å²) >= 11 is 0. The summed E-state index contributed by atoms with van der Waals surface area (Å²) in [5.74, 6) is 0.908. The van der Waals surface area contributed by atoms with Crippen molar-refractivity contribution >= 4 is 0 Å². The zero-order chi connectivity index (χ0) is 14.4. The lowest BCUT2D eigenvalue weighted by molar-refractivity contribution is 0.0708. The van der Waals surface area contributed by atoms with Crippen molar-refractivity contribution in [3.63, 3.8) is 0 Å². The largest absolute Gasteiger partial charge is 0.497 e. The smallest absolute Gasteiger partial charge is 0.119 e. The first-order valence-electron chi connectivity index (χ1n) is 7.40. The molecular formula is C16H26N2O2. The summed E-state index contributed by atoms with van der Waals surface area (Å²) in [5.41, 5.74) is 1.25. The van der Waals surface area contributed by atoms with Crippen LogP contribution < -0.4 is 15.4 Å². The molecule has 0 bridgehead atoms. The zero-order valence-corrected chi connectivity index (χ0v) is 12.7. The van der Waals surface area contributed by atoms with Crippen LogP contribution in [0.15, 0.2) is 24.3 Å². The first kappa shape index (κ1) is 15.3. The van der Waals surface area contributed by atoms with Crippen molar-refractivity contribution in [3.8, 4) is 5.75 Å². The molecule has 1 aliphatic rings. The van der Waals surface area contributed by atoms with Crippen LogP contribution in [0.2, 0.25) is 0 Å². The second kappa shape index (κ2) is 7.62. The number of hydrogen-bond donors (Lipinski definition) is 2. The van der Waals surface area contributed by atoms with Gasteiger partial charge >= 0.3 is 0 Å². The molecule has 0 amide bonds. The van der Waals surface area contributed by atoms with Crippen LogP contribution in [-0.2, 0) is 4.74 Å². The number of nitrogens with one attached hydrogen (secondary N) is 2. The minimum absolute atomic E-state index is 0.310. The molecule has 2 N–H and O–H groups in total. The molecule has 2 rings (SSSR count). The van der Waals surface area contributed by atoms with E-state index < -0.39 is 0 Å². The third-order valence-corrected chi connectivity index (χ3v) is 3.76. The molecule has 0 aromatic heterocycles. The predicted octanol–water partition coefficient (Wildman–Crippen LogP) is 2.11. The maximum absolute atomic E-state index is 5.50. The summed E-state index contributed by atoms with van der Waals surface area (Å²) in [4.78, 5) is 0. The Hall–Kier alpha value is -1.10. The van der Waals surface area contributed by atoms with Gasteiger partial charge in [-0.05, 0) is 38.0 Å². The third-order valence-electron chi connectivity index (χ3n) is 3.76. The fourth-order valence-electron chi connectivity index (χ4n) is 2.70. The SMILES string of the molecule is COc1cccc([C@H](C)NC(C)CC2COCCN2)c1. The van der Waals surface area contributed by atoms with Crippen LogP contribution >= 0.6 is 0 Å². The average Bonchev–Trinajstić information content (AvgIpc) is 2.48. The lowest BCUT2D eigenvalue weighted by atomic mass is 10.0. The van der Waals surface area contributed by atoms with Gasteiger partial charge in [0, 0.05) is 24.7 Å².